The van der Waals surface area contributed by atoms with Gasteiger partial charge in [0.25, 0.3) is 11.5 Å². The smallest absolute Gasteiger partial charge is 0.263 e. The lowest BCUT2D eigenvalue weighted by atomic mass is 10.0. The van der Waals surface area contributed by atoms with Crippen LogP contribution in [0.15, 0.2) is 47.5 Å². The average molecular weight is 397 g/mol. The molecule has 0 unspecified atom stereocenters. The molecule has 1 saturated heterocycles. The van der Waals surface area contributed by atoms with Gasteiger partial charge in [-0.25, -0.2) is 4.98 Å². The molecule has 3 heterocycles. The highest BCUT2D eigenvalue weighted by molar-refractivity contribution is 7.18. The first-order chi connectivity index (χ1) is 13.6. The number of rotatable bonds is 5. The second-order valence-corrected chi connectivity index (χ2v) is 8.29. The van der Waals surface area contributed by atoms with Crippen molar-refractivity contribution in [3.63, 3.8) is 0 Å². The van der Waals surface area contributed by atoms with E-state index in [2.05, 4.69) is 22.1 Å². The number of carbonyl (C=O) groups is 1. The van der Waals surface area contributed by atoms with Crippen molar-refractivity contribution in [2.24, 2.45) is 0 Å². The van der Waals surface area contributed by atoms with Crippen molar-refractivity contribution in [1.82, 2.24) is 19.8 Å². The van der Waals surface area contributed by atoms with Gasteiger partial charge in [0.15, 0.2) is 0 Å². The van der Waals surface area contributed by atoms with Gasteiger partial charge in [0.05, 0.1) is 12.1 Å². The molecule has 1 fully saturated rings. The van der Waals surface area contributed by atoms with E-state index in [-0.39, 0.29) is 17.5 Å². The number of nitrogens with zero attached hydrogens (tertiary/aromatic N) is 3. The maximum Gasteiger partial charge on any atom is 0.263 e. The first-order valence-corrected chi connectivity index (χ1v) is 10.5. The molecule has 0 aliphatic carbocycles. The van der Waals surface area contributed by atoms with E-state index in [9.17, 15) is 9.59 Å². The van der Waals surface area contributed by atoms with Crippen molar-refractivity contribution in [1.29, 1.82) is 0 Å². The number of nitrogens with one attached hydrogen (secondary N) is 1. The molecule has 6 nitrogen and oxygen atoms in total. The zero-order chi connectivity index (χ0) is 19.5. The summed E-state index contributed by atoms with van der Waals surface area (Å²) in [6, 6.07) is 11.4. The molecule has 0 spiro atoms. The Morgan fingerprint density at radius 1 is 1.25 bits per heavy atom. The Morgan fingerprint density at radius 2 is 2.00 bits per heavy atom. The number of hydrogen-bond acceptors (Lipinski definition) is 5. The molecule has 1 aliphatic heterocycles. The zero-order valence-electron chi connectivity index (χ0n) is 15.9. The molecule has 0 atom stereocenters. The van der Waals surface area contributed by atoms with E-state index in [1.54, 1.807) is 22.2 Å². The van der Waals surface area contributed by atoms with Gasteiger partial charge in [0.2, 0.25) is 0 Å². The van der Waals surface area contributed by atoms with Crippen LogP contribution >= 0.6 is 11.3 Å². The van der Waals surface area contributed by atoms with Crippen molar-refractivity contribution >= 4 is 27.5 Å². The number of amides is 1. The summed E-state index contributed by atoms with van der Waals surface area (Å²) >= 11 is 1.59. The van der Waals surface area contributed by atoms with Crippen LogP contribution < -0.4 is 10.9 Å². The SMILES string of the molecule is CCc1cc2c(=O)n(CN3CCC(NC(=O)c4ccccc4)CC3)cnc2s1. The Bertz CT molecular complexity index is 1020. The van der Waals surface area contributed by atoms with E-state index in [4.69, 9.17) is 0 Å². The molecule has 1 N–H and O–H groups in total. The highest BCUT2D eigenvalue weighted by atomic mass is 32.1. The summed E-state index contributed by atoms with van der Waals surface area (Å²) in [7, 11) is 0. The fraction of sp³-hybridized carbons (Fsp3) is 0.381. The van der Waals surface area contributed by atoms with Gasteiger partial charge >= 0.3 is 0 Å². The van der Waals surface area contributed by atoms with Gasteiger partial charge in [-0.2, -0.15) is 0 Å². The zero-order valence-corrected chi connectivity index (χ0v) is 16.7. The number of aromatic nitrogens is 2. The van der Waals surface area contributed by atoms with Crippen LogP contribution in [-0.4, -0.2) is 39.5 Å². The molecule has 0 bridgehead atoms. The summed E-state index contributed by atoms with van der Waals surface area (Å²) in [5.41, 5.74) is 0.721. The van der Waals surface area contributed by atoms with Crippen LogP contribution in [0.2, 0.25) is 0 Å². The molecule has 2 aromatic heterocycles. The second kappa shape index (κ2) is 8.24. The number of fused-ring (bicyclic) bond motifs is 1. The molecular weight excluding hydrogens is 372 g/mol. The van der Waals surface area contributed by atoms with E-state index in [0.717, 1.165) is 42.6 Å². The molecule has 1 amide bonds. The van der Waals surface area contributed by atoms with E-state index < -0.39 is 0 Å². The lowest BCUT2D eigenvalue weighted by molar-refractivity contribution is 0.0898. The Kier molecular flexibility index (Phi) is 5.54. The molecule has 28 heavy (non-hydrogen) atoms. The monoisotopic (exact) mass is 396 g/mol. The third-order valence-corrected chi connectivity index (χ3v) is 6.42. The van der Waals surface area contributed by atoms with Crippen molar-refractivity contribution in [2.45, 2.75) is 38.9 Å². The normalized spacial score (nSPS) is 15.8. The average Bonchev–Trinajstić information content (AvgIpc) is 3.16. The number of carbonyl (C=O) groups excluding carboxylic acids is 1. The molecule has 146 valence electrons. The predicted molar refractivity (Wildman–Crippen MR) is 112 cm³/mol. The quantitative estimate of drug-likeness (QED) is 0.720. The summed E-state index contributed by atoms with van der Waals surface area (Å²) in [5.74, 6) is -0.0193. The van der Waals surface area contributed by atoms with Crippen molar-refractivity contribution in [3.8, 4) is 0 Å². The predicted octanol–water partition coefficient (Wildman–Crippen LogP) is 2.87. The molecule has 0 saturated carbocycles. The fourth-order valence-electron chi connectivity index (χ4n) is 3.58. The molecule has 1 aliphatic rings. The van der Waals surface area contributed by atoms with Crippen molar-refractivity contribution in [3.05, 3.63) is 63.5 Å². The number of piperidine rings is 1. The molecule has 1 aromatic carbocycles. The number of thiophene rings is 1. The minimum absolute atomic E-state index is 0.0193. The lowest BCUT2D eigenvalue weighted by Crippen LogP contribution is -2.45. The van der Waals surface area contributed by atoms with Crippen LogP contribution in [0.25, 0.3) is 10.2 Å². The van der Waals surface area contributed by atoms with Crippen LogP contribution in [0.4, 0.5) is 0 Å². The van der Waals surface area contributed by atoms with Gasteiger partial charge < -0.3 is 5.32 Å². The third-order valence-electron chi connectivity index (χ3n) is 5.23. The summed E-state index contributed by atoms with van der Waals surface area (Å²) in [6.45, 7) is 4.31. The van der Waals surface area contributed by atoms with Crippen molar-refractivity contribution in [2.75, 3.05) is 13.1 Å². The number of hydrogen-bond donors (Lipinski definition) is 1. The number of benzene rings is 1. The third kappa shape index (κ3) is 4.00. The van der Waals surface area contributed by atoms with Gasteiger partial charge in [-0.15, -0.1) is 11.3 Å². The molecular formula is C21H24N4O2S. The van der Waals surface area contributed by atoms with E-state index in [0.29, 0.717) is 12.2 Å². The summed E-state index contributed by atoms with van der Waals surface area (Å²) in [6.07, 6.45) is 4.33. The maximum atomic E-state index is 12.7. The van der Waals surface area contributed by atoms with E-state index in [1.165, 1.54) is 4.88 Å². The van der Waals surface area contributed by atoms with Crippen LogP contribution in [-0.2, 0) is 13.1 Å². The summed E-state index contributed by atoms with van der Waals surface area (Å²) in [4.78, 5) is 33.8. The van der Waals surface area contributed by atoms with Gasteiger partial charge in [-0.3, -0.25) is 19.1 Å². The topological polar surface area (TPSA) is 67.2 Å². The Hall–Kier alpha value is -2.51. The summed E-state index contributed by atoms with van der Waals surface area (Å²) in [5, 5.41) is 3.84. The first-order valence-electron chi connectivity index (χ1n) is 9.70. The highest BCUT2D eigenvalue weighted by Crippen LogP contribution is 2.21. The van der Waals surface area contributed by atoms with Crippen LogP contribution in [0, 0.1) is 0 Å². The minimum Gasteiger partial charge on any atom is -0.349 e. The number of aryl methyl sites for hydroxylation is 1. The molecule has 3 aromatic rings. The van der Waals surface area contributed by atoms with Crippen LogP contribution in [0.5, 0.6) is 0 Å². The standard InChI is InChI=1S/C21H24N4O2S/c1-2-17-12-18-20(28-17)22-13-25(21(18)27)14-24-10-8-16(9-11-24)23-19(26)15-6-4-3-5-7-15/h3-7,12-13,16H,2,8-11,14H2,1H3,(H,23,26). The van der Waals surface area contributed by atoms with Gasteiger partial charge in [-0.1, -0.05) is 25.1 Å². The Morgan fingerprint density at radius 3 is 2.71 bits per heavy atom. The minimum atomic E-state index is -0.0193. The lowest BCUT2D eigenvalue weighted by Gasteiger charge is -2.32. The van der Waals surface area contributed by atoms with Gasteiger partial charge in [-0.05, 0) is 37.5 Å². The van der Waals surface area contributed by atoms with Gasteiger partial charge in [0, 0.05) is 29.6 Å². The van der Waals surface area contributed by atoms with Crippen LogP contribution in [0.3, 0.4) is 0 Å². The fourth-order valence-corrected chi connectivity index (χ4v) is 4.50. The Balaban J connectivity index is 1.36. The van der Waals surface area contributed by atoms with Crippen molar-refractivity contribution < 1.29 is 4.79 Å². The number of likely N-dealkylation sites (tertiary alicyclic amines) is 1. The largest absolute Gasteiger partial charge is 0.349 e. The highest BCUT2D eigenvalue weighted by Gasteiger charge is 2.21. The summed E-state index contributed by atoms with van der Waals surface area (Å²) < 4.78 is 1.69. The van der Waals surface area contributed by atoms with Crippen LogP contribution in [0.1, 0.15) is 35.0 Å². The van der Waals surface area contributed by atoms with E-state index in [1.807, 2.05) is 36.4 Å². The maximum absolute atomic E-state index is 12.7. The molecule has 7 heteroatoms. The first kappa shape index (κ1) is 18.8. The second-order valence-electron chi connectivity index (χ2n) is 7.18. The van der Waals surface area contributed by atoms with E-state index >= 15 is 0 Å². The Labute approximate surface area is 167 Å². The molecule has 0 radical (unpaired) electrons. The molecule has 4 rings (SSSR count). The van der Waals surface area contributed by atoms with Gasteiger partial charge in [0.1, 0.15) is 11.2 Å².